The Hall–Kier alpha value is -2.53. The minimum atomic E-state index is -0.653. The van der Waals surface area contributed by atoms with Crippen LogP contribution in [0.25, 0.3) is 0 Å². The molecule has 0 radical (unpaired) electrons. The van der Waals surface area contributed by atoms with E-state index in [2.05, 4.69) is 17.0 Å². The van der Waals surface area contributed by atoms with Crippen LogP contribution in [0.3, 0.4) is 0 Å². The minimum Gasteiger partial charge on any atom is -0.481 e. The third-order valence-corrected chi connectivity index (χ3v) is 4.24. The highest BCUT2D eigenvalue weighted by Gasteiger charge is 2.20. The van der Waals surface area contributed by atoms with Gasteiger partial charge < -0.3 is 14.8 Å². The van der Waals surface area contributed by atoms with Gasteiger partial charge in [-0.3, -0.25) is 4.79 Å². The number of amides is 1. The topological polar surface area (TPSA) is 64.6 Å². The summed E-state index contributed by atoms with van der Waals surface area (Å²) in [4.78, 5) is 24.2. The number of ether oxygens (including phenoxy) is 2. The van der Waals surface area contributed by atoms with Gasteiger partial charge in [-0.25, -0.2) is 4.79 Å². The van der Waals surface area contributed by atoms with E-state index < -0.39 is 12.1 Å². The molecule has 1 amide bonds. The van der Waals surface area contributed by atoms with Crippen LogP contribution in [0.2, 0.25) is 5.02 Å². The van der Waals surface area contributed by atoms with Crippen LogP contribution in [0.5, 0.6) is 5.75 Å². The van der Waals surface area contributed by atoms with E-state index in [1.165, 1.54) is 24.8 Å². The molecule has 1 atom stereocenters. The van der Waals surface area contributed by atoms with Gasteiger partial charge in [-0.2, -0.15) is 0 Å². The van der Waals surface area contributed by atoms with Gasteiger partial charge in [-0.1, -0.05) is 37.6 Å². The smallest absolute Gasteiger partial charge is 0.339 e. The fourth-order valence-electron chi connectivity index (χ4n) is 2.38. The Labute approximate surface area is 158 Å². The number of rotatable bonds is 7. The van der Waals surface area contributed by atoms with Crippen LogP contribution in [0.4, 0.5) is 5.69 Å². The molecule has 5 nitrogen and oxygen atoms in total. The molecule has 0 spiro atoms. The molecule has 2 aromatic rings. The number of hydrogen-bond donors (Lipinski definition) is 1. The minimum absolute atomic E-state index is 0.191. The van der Waals surface area contributed by atoms with Crippen molar-refractivity contribution in [1.29, 1.82) is 0 Å². The Kier molecular flexibility index (Phi) is 7.04. The number of esters is 1. The molecular formula is C20H22ClNO4. The molecule has 26 heavy (non-hydrogen) atoms. The predicted molar refractivity (Wildman–Crippen MR) is 102 cm³/mol. The molecule has 0 aliphatic heterocycles. The lowest BCUT2D eigenvalue weighted by atomic mass is 10.1. The SMILES string of the molecule is CCc1ccc(O[C@@H](CC)C(=O)Nc2ccc(Cl)c(C(=O)OC)c2)cc1. The highest BCUT2D eigenvalue weighted by molar-refractivity contribution is 6.33. The maximum Gasteiger partial charge on any atom is 0.339 e. The summed E-state index contributed by atoms with van der Waals surface area (Å²) in [5.41, 5.74) is 1.84. The van der Waals surface area contributed by atoms with Crippen molar-refractivity contribution in [3.8, 4) is 5.75 Å². The molecular weight excluding hydrogens is 354 g/mol. The number of nitrogens with one attached hydrogen (secondary N) is 1. The number of anilines is 1. The number of halogens is 1. The van der Waals surface area contributed by atoms with Crippen LogP contribution in [0, 0.1) is 0 Å². The fourth-order valence-corrected chi connectivity index (χ4v) is 2.58. The summed E-state index contributed by atoms with van der Waals surface area (Å²) < 4.78 is 10.5. The van der Waals surface area contributed by atoms with Crippen LogP contribution < -0.4 is 10.1 Å². The number of methoxy groups -OCH3 is 1. The standard InChI is InChI=1S/C20H22ClNO4/c1-4-13-6-9-15(10-7-13)26-18(5-2)19(23)22-14-8-11-17(21)16(12-14)20(24)25-3/h6-12,18H,4-5H2,1-3H3,(H,22,23)/t18-/m0/s1. The van der Waals surface area contributed by atoms with E-state index >= 15 is 0 Å². The molecule has 0 bridgehead atoms. The number of carbonyl (C=O) groups excluding carboxylic acids is 2. The van der Waals surface area contributed by atoms with Gasteiger partial charge in [0.15, 0.2) is 6.10 Å². The summed E-state index contributed by atoms with van der Waals surface area (Å²) in [6.07, 6.45) is 0.787. The highest BCUT2D eigenvalue weighted by Crippen LogP contribution is 2.22. The average Bonchev–Trinajstić information content (AvgIpc) is 2.67. The van der Waals surface area contributed by atoms with Crippen molar-refractivity contribution in [2.24, 2.45) is 0 Å². The zero-order chi connectivity index (χ0) is 19.1. The first kappa shape index (κ1) is 19.8. The third-order valence-electron chi connectivity index (χ3n) is 3.91. The average molecular weight is 376 g/mol. The molecule has 138 valence electrons. The number of aryl methyl sites for hydroxylation is 1. The second kappa shape index (κ2) is 9.25. The molecule has 0 fully saturated rings. The molecule has 2 rings (SSSR count). The Balaban J connectivity index is 2.09. The van der Waals surface area contributed by atoms with Crippen LogP contribution >= 0.6 is 11.6 Å². The van der Waals surface area contributed by atoms with Gasteiger partial charge in [0, 0.05) is 5.69 Å². The van der Waals surface area contributed by atoms with E-state index in [1.807, 2.05) is 31.2 Å². The second-order valence-electron chi connectivity index (χ2n) is 5.69. The summed E-state index contributed by atoms with van der Waals surface area (Å²) in [5.74, 6) is -0.230. The zero-order valence-electron chi connectivity index (χ0n) is 15.0. The lowest BCUT2D eigenvalue weighted by Gasteiger charge is -2.18. The van der Waals surface area contributed by atoms with Crippen molar-refractivity contribution in [3.63, 3.8) is 0 Å². The normalized spacial score (nSPS) is 11.5. The molecule has 0 heterocycles. The first-order valence-electron chi connectivity index (χ1n) is 8.42. The van der Waals surface area contributed by atoms with Gasteiger partial charge in [0.1, 0.15) is 5.75 Å². The summed E-state index contributed by atoms with van der Waals surface area (Å²) in [5, 5.41) is 3.01. The van der Waals surface area contributed by atoms with Gasteiger partial charge in [0.25, 0.3) is 5.91 Å². The van der Waals surface area contributed by atoms with Gasteiger partial charge in [-0.15, -0.1) is 0 Å². The van der Waals surface area contributed by atoms with Crippen molar-refractivity contribution in [3.05, 3.63) is 58.6 Å². The van der Waals surface area contributed by atoms with Crippen LogP contribution in [0.15, 0.2) is 42.5 Å². The monoisotopic (exact) mass is 375 g/mol. The van der Waals surface area contributed by atoms with E-state index in [0.717, 1.165) is 6.42 Å². The lowest BCUT2D eigenvalue weighted by Crippen LogP contribution is -2.32. The van der Waals surface area contributed by atoms with Crippen molar-refractivity contribution in [2.75, 3.05) is 12.4 Å². The van der Waals surface area contributed by atoms with E-state index in [4.69, 9.17) is 16.3 Å². The molecule has 0 aliphatic carbocycles. The number of benzene rings is 2. The van der Waals surface area contributed by atoms with Gasteiger partial charge in [0.2, 0.25) is 0 Å². The molecule has 2 aromatic carbocycles. The molecule has 0 saturated heterocycles. The molecule has 0 aliphatic rings. The van der Waals surface area contributed by atoms with Crippen LogP contribution in [-0.4, -0.2) is 25.1 Å². The Morgan fingerprint density at radius 3 is 2.38 bits per heavy atom. The van der Waals surface area contributed by atoms with Crippen molar-refractivity contribution < 1.29 is 19.1 Å². The Bertz CT molecular complexity index is 774. The largest absolute Gasteiger partial charge is 0.481 e. The van der Waals surface area contributed by atoms with Gasteiger partial charge >= 0.3 is 5.97 Å². The van der Waals surface area contributed by atoms with Crippen molar-refractivity contribution in [1.82, 2.24) is 0 Å². The zero-order valence-corrected chi connectivity index (χ0v) is 15.8. The quantitative estimate of drug-likeness (QED) is 0.724. The summed E-state index contributed by atoms with van der Waals surface area (Å²) in [6, 6.07) is 12.3. The van der Waals surface area contributed by atoms with E-state index in [0.29, 0.717) is 17.9 Å². The molecule has 0 unspecified atom stereocenters. The Morgan fingerprint density at radius 2 is 1.81 bits per heavy atom. The van der Waals surface area contributed by atoms with Gasteiger partial charge in [-0.05, 0) is 48.7 Å². The summed E-state index contributed by atoms with van der Waals surface area (Å²) in [6.45, 7) is 3.94. The molecule has 0 saturated carbocycles. The molecule has 6 heteroatoms. The lowest BCUT2D eigenvalue weighted by molar-refractivity contribution is -0.122. The third kappa shape index (κ3) is 4.99. The maximum atomic E-state index is 12.5. The maximum absolute atomic E-state index is 12.5. The Morgan fingerprint density at radius 1 is 1.12 bits per heavy atom. The van der Waals surface area contributed by atoms with Crippen LogP contribution in [0.1, 0.15) is 36.2 Å². The van der Waals surface area contributed by atoms with E-state index in [9.17, 15) is 9.59 Å². The molecule has 1 N–H and O–H groups in total. The first-order valence-corrected chi connectivity index (χ1v) is 8.80. The van der Waals surface area contributed by atoms with E-state index in [-0.39, 0.29) is 16.5 Å². The fraction of sp³-hybridized carbons (Fsp3) is 0.300. The summed E-state index contributed by atoms with van der Waals surface area (Å²) >= 11 is 5.99. The molecule has 0 aromatic heterocycles. The van der Waals surface area contributed by atoms with Crippen molar-refractivity contribution >= 4 is 29.2 Å². The van der Waals surface area contributed by atoms with Crippen LogP contribution in [-0.2, 0) is 16.0 Å². The first-order chi connectivity index (χ1) is 12.5. The number of carbonyl (C=O) groups is 2. The second-order valence-corrected chi connectivity index (χ2v) is 6.09. The summed E-state index contributed by atoms with van der Waals surface area (Å²) in [7, 11) is 1.27. The predicted octanol–water partition coefficient (Wildman–Crippen LogP) is 4.49. The van der Waals surface area contributed by atoms with Gasteiger partial charge in [0.05, 0.1) is 17.7 Å². The highest BCUT2D eigenvalue weighted by atomic mass is 35.5. The van der Waals surface area contributed by atoms with Crippen molar-refractivity contribution in [2.45, 2.75) is 32.8 Å². The van der Waals surface area contributed by atoms with E-state index in [1.54, 1.807) is 6.07 Å². The number of hydrogen-bond acceptors (Lipinski definition) is 4.